The Labute approximate surface area is 116 Å². The van der Waals surface area contributed by atoms with Crippen molar-refractivity contribution in [1.29, 1.82) is 0 Å². The minimum atomic E-state index is -2.94. The van der Waals surface area contributed by atoms with Crippen molar-refractivity contribution in [2.24, 2.45) is 0 Å². The normalized spacial score (nSPS) is 11.8. The number of benzene rings is 1. The molecular formula is C13H18ClF2NO2. The quantitative estimate of drug-likeness (QED) is 0.895. The highest BCUT2D eigenvalue weighted by molar-refractivity contribution is 6.32. The number of alkyl halides is 2. The molecule has 19 heavy (non-hydrogen) atoms. The molecule has 1 N–H and O–H groups in total. The first-order valence-electron chi connectivity index (χ1n) is 5.79. The smallest absolute Gasteiger partial charge is 0.387 e. The molecule has 0 saturated carbocycles. The zero-order chi connectivity index (χ0) is 14.6. The highest BCUT2D eigenvalue weighted by Crippen LogP contribution is 2.37. The van der Waals surface area contributed by atoms with Crippen molar-refractivity contribution in [2.45, 2.75) is 39.5 Å². The van der Waals surface area contributed by atoms with Crippen LogP contribution in [-0.2, 0) is 6.54 Å². The topological polar surface area (TPSA) is 30.5 Å². The molecule has 0 aliphatic heterocycles. The molecule has 0 spiro atoms. The molecule has 1 aromatic carbocycles. The molecule has 1 aromatic rings. The van der Waals surface area contributed by atoms with Crippen molar-refractivity contribution in [3.05, 3.63) is 22.7 Å². The lowest BCUT2D eigenvalue weighted by Crippen LogP contribution is -2.35. The van der Waals surface area contributed by atoms with E-state index in [9.17, 15) is 8.78 Å². The van der Waals surface area contributed by atoms with Crippen LogP contribution in [0.25, 0.3) is 0 Å². The van der Waals surface area contributed by atoms with Crippen LogP contribution in [0.2, 0.25) is 5.02 Å². The number of hydrogen-bond donors (Lipinski definition) is 1. The number of ether oxygens (including phenoxy) is 2. The summed E-state index contributed by atoms with van der Waals surface area (Å²) in [6, 6.07) is 3.21. The number of methoxy groups -OCH3 is 1. The lowest BCUT2D eigenvalue weighted by molar-refractivity contribution is -0.0511. The fourth-order valence-electron chi connectivity index (χ4n) is 1.45. The number of halogens is 3. The maximum atomic E-state index is 12.3. The minimum absolute atomic E-state index is 0.0577. The van der Waals surface area contributed by atoms with E-state index < -0.39 is 6.61 Å². The van der Waals surface area contributed by atoms with Gasteiger partial charge in [0.05, 0.1) is 12.1 Å². The van der Waals surface area contributed by atoms with Crippen LogP contribution in [0, 0.1) is 0 Å². The number of hydrogen-bond acceptors (Lipinski definition) is 3. The van der Waals surface area contributed by atoms with Gasteiger partial charge in [0.15, 0.2) is 11.5 Å². The molecule has 3 nitrogen and oxygen atoms in total. The van der Waals surface area contributed by atoms with Crippen molar-refractivity contribution in [3.8, 4) is 11.5 Å². The molecule has 0 atom stereocenters. The Kier molecular flexibility index (Phi) is 5.38. The summed E-state index contributed by atoms with van der Waals surface area (Å²) >= 11 is 5.94. The van der Waals surface area contributed by atoms with Gasteiger partial charge >= 0.3 is 6.61 Å². The molecule has 0 heterocycles. The van der Waals surface area contributed by atoms with Gasteiger partial charge in [0.1, 0.15) is 0 Å². The van der Waals surface area contributed by atoms with Crippen LogP contribution in [0.4, 0.5) is 8.78 Å². The van der Waals surface area contributed by atoms with Crippen molar-refractivity contribution in [3.63, 3.8) is 0 Å². The van der Waals surface area contributed by atoms with Gasteiger partial charge in [0.25, 0.3) is 0 Å². The molecular weight excluding hydrogens is 276 g/mol. The summed E-state index contributed by atoms with van der Waals surface area (Å²) in [6.07, 6.45) is 0. The van der Waals surface area contributed by atoms with Crippen LogP contribution in [0.1, 0.15) is 26.3 Å². The van der Waals surface area contributed by atoms with Crippen molar-refractivity contribution in [1.82, 2.24) is 5.32 Å². The molecule has 0 radical (unpaired) electrons. The molecule has 1 rings (SSSR count). The van der Waals surface area contributed by atoms with Crippen molar-refractivity contribution < 1.29 is 18.3 Å². The summed E-state index contributed by atoms with van der Waals surface area (Å²) in [5, 5.41) is 3.38. The van der Waals surface area contributed by atoms with E-state index in [1.165, 1.54) is 7.11 Å². The first kappa shape index (κ1) is 16.0. The van der Waals surface area contributed by atoms with Crippen LogP contribution in [0.3, 0.4) is 0 Å². The first-order chi connectivity index (χ1) is 8.73. The second kappa shape index (κ2) is 6.39. The molecule has 0 fully saturated rings. The fraction of sp³-hybridized carbons (Fsp3) is 0.538. The van der Waals surface area contributed by atoms with Gasteiger partial charge in [-0.25, -0.2) is 0 Å². The van der Waals surface area contributed by atoms with Crippen LogP contribution >= 0.6 is 11.6 Å². The van der Waals surface area contributed by atoms with E-state index in [1.807, 2.05) is 20.8 Å². The third kappa shape index (κ3) is 5.20. The summed E-state index contributed by atoms with van der Waals surface area (Å²) in [5.74, 6) is 0.0529. The van der Waals surface area contributed by atoms with E-state index in [0.29, 0.717) is 6.54 Å². The Hall–Kier alpha value is -1.07. The summed E-state index contributed by atoms with van der Waals surface area (Å²) < 4.78 is 33.9. The van der Waals surface area contributed by atoms with Crippen LogP contribution in [0.15, 0.2) is 12.1 Å². The Bertz CT molecular complexity index is 433. The summed E-state index contributed by atoms with van der Waals surface area (Å²) in [5.41, 5.74) is 0.774. The van der Waals surface area contributed by atoms with E-state index in [4.69, 9.17) is 16.3 Å². The van der Waals surface area contributed by atoms with Crippen LogP contribution in [0.5, 0.6) is 11.5 Å². The standard InChI is InChI=1S/C13H18ClF2NO2/c1-13(2,3)17-7-8-5-9(14)11(19-12(15)16)10(6-8)18-4/h5-6,12,17H,7H2,1-4H3. The second-order valence-electron chi connectivity index (χ2n) is 5.09. The number of nitrogens with one attached hydrogen (secondary N) is 1. The maximum absolute atomic E-state index is 12.3. The molecule has 0 aliphatic rings. The van der Waals surface area contributed by atoms with Gasteiger partial charge in [0, 0.05) is 12.1 Å². The molecule has 0 aliphatic carbocycles. The third-order valence-corrected chi connectivity index (χ3v) is 2.60. The number of rotatable bonds is 5. The van der Waals surface area contributed by atoms with Crippen LogP contribution in [-0.4, -0.2) is 19.3 Å². The monoisotopic (exact) mass is 293 g/mol. The Morgan fingerprint density at radius 1 is 1.32 bits per heavy atom. The fourth-order valence-corrected chi connectivity index (χ4v) is 1.72. The SMILES string of the molecule is COc1cc(CNC(C)(C)C)cc(Cl)c1OC(F)F. The molecule has 6 heteroatoms. The zero-order valence-electron chi connectivity index (χ0n) is 11.4. The highest BCUT2D eigenvalue weighted by atomic mass is 35.5. The van der Waals surface area contributed by atoms with E-state index in [2.05, 4.69) is 10.1 Å². The predicted octanol–water partition coefficient (Wildman–Crippen LogP) is 3.84. The second-order valence-corrected chi connectivity index (χ2v) is 5.50. The summed E-state index contributed by atoms with van der Waals surface area (Å²) in [4.78, 5) is 0. The molecule has 0 bridgehead atoms. The molecule has 0 aromatic heterocycles. The van der Waals surface area contributed by atoms with E-state index >= 15 is 0 Å². The van der Waals surface area contributed by atoms with E-state index in [1.54, 1.807) is 12.1 Å². The van der Waals surface area contributed by atoms with Crippen LogP contribution < -0.4 is 14.8 Å². The third-order valence-electron chi connectivity index (χ3n) is 2.32. The Morgan fingerprint density at radius 2 is 1.95 bits per heavy atom. The van der Waals surface area contributed by atoms with Gasteiger partial charge in [-0.05, 0) is 38.5 Å². The molecule has 0 saturated heterocycles. The van der Waals surface area contributed by atoms with Gasteiger partial charge in [-0.2, -0.15) is 8.78 Å². The minimum Gasteiger partial charge on any atom is -0.493 e. The van der Waals surface area contributed by atoms with Gasteiger partial charge < -0.3 is 14.8 Å². The lowest BCUT2D eigenvalue weighted by Gasteiger charge is -2.21. The Balaban J connectivity index is 2.95. The highest BCUT2D eigenvalue weighted by Gasteiger charge is 2.17. The first-order valence-corrected chi connectivity index (χ1v) is 6.17. The maximum Gasteiger partial charge on any atom is 0.387 e. The van der Waals surface area contributed by atoms with Gasteiger partial charge in [-0.15, -0.1) is 0 Å². The van der Waals surface area contributed by atoms with Crippen molar-refractivity contribution in [2.75, 3.05) is 7.11 Å². The van der Waals surface area contributed by atoms with Gasteiger partial charge in [-0.3, -0.25) is 0 Å². The zero-order valence-corrected chi connectivity index (χ0v) is 12.1. The average Bonchev–Trinajstić information content (AvgIpc) is 2.28. The van der Waals surface area contributed by atoms with E-state index in [0.717, 1.165) is 5.56 Å². The average molecular weight is 294 g/mol. The van der Waals surface area contributed by atoms with Crippen molar-refractivity contribution >= 4 is 11.6 Å². The molecule has 0 unspecified atom stereocenters. The lowest BCUT2D eigenvalue weighted by atomic mass is 10.1. The molecule has 0 amide bonds. The van der Waals surface area contributed by atoms with Gasteiger partial charge in [0.2, 0.25) is 0 Å². The molecule has 108 valence electrons. The Morgan fingerprint density at radius 3 is 2.42 bits per heavy atom. The van der Waals surface area contributed by atoms with E-state index in [-0.39, 0.29) is 22.1 Å². The predicted molar refractivity (Wildman–Crippen MR) is 71.2 cm³/mol. The summed E-state index contributed by atoms with van der Waals surface area (Å²) in [6.45, 7) is 3.69. The largest absolute Gasteiger partial charge is 0.493 e. The summed E-state index contributed by atoms with van der Waals surface area (Å²) in [7, 11) is 1.38. The van der Waals surface area contributed by atoms with Gasteiger partial charge in [-0.1, -0.05) is 11.6 Å².